The number of fused-ring (bicyclic) bond motifs is 1. The van der Waals surface area contributed by atoms with Gasteiger partial charge in [-0.05, 0) is 39.5 Å². The Hall–Kier alpha value is -2.32. The quantitative estimate of drug-likeness (QED) is 0.808. The maximum absolute atomic E-state index is 13.3. The highest BCUT2D eigenvalue weighted by Crippen LogP contribution is 2.35. The van der Waals surface area contributed by atoms with E-state index in [0.717, 1.165) is 30.6 Å². The zero-order chi connectivity index (χ0) is 19.6. The first kappa shape index (κ1) is 19.4. The minimum absolute atomic E-state index is 0.209. The number of carbonyl (C=O) groups excluding carboxylic acids is 1. The van der Waals surface area contributed by atoms with Crippen LogP contribution in [-0.4, -0.2) is 25.5 Å². The summed E-state index contributed by atoms with van der Waals surface area (Å²) >= 11 is 0. The molecule has 0 aromatic carbocycles. The van der Waals surface area contributed by atoms with Crippen LogP contribution in [0, 0.1) is 6.92 Å². The van der Waals surface area contributed by atoms with E-state index in [1.807, 2.05) is 18.5 Å². The maximum Gasteiger partial charge on any atom is 0.435 e. The summed E-state index contributed by atoms with van der Waals surface area (Å²) in [5.41, 5.74) is 1.82. The van der Waals surface area contributed by atoms with Gasteiger partial charge >= 0.3 is 6.18 Å². The highest BCUT2D eigenvalue weighted by atomic mass is 19.4. The molecule has 0 saturated heterocycles. The highest BCUT2D eigenvalue weighted by molar-refractivity contribution is 5.75. The van der Waals surface area contributed by atoms with E-state index in [0.29, 0.717) is 31.5 Å². The maximum atomic E-state index is 13.3. The van der Waals surface area contributed by atoms with Crippen LogP contribution >= 0.6 is 0 Å². The van der Waals surface area contributed by atoms with E-state index in [1.54, 1.807) is 6.20 Å². The van der Waals surface area contributed by atoms with Gasteiger partial charge < -0.3 is 5.32 Å². The Labute approximate surface area is 155 Å². The number of rotatable bonds is 5. The minimum Gasteiger partial charge on any atom is -0.350 e. The van der Waals surface area contributed by atoms with Crippen LogP contribution in [0.2, 0.25) is 0 Å². The molecule has 2 heterocycles. The summed E-state index contributed by atoms with van der Waals surface area (Å²) in [5.74, 6) is -0.359. The molecule has 0 aliphatic heterocycles. The van der Waals surface area contributed by atoms with Gasteiger partial charge in [-0.2, -0.15) is 23.4 Å². The zero-order valence-electron chi connectivity index (χ0n) is 15.6. The number of hydrogen-bond acceptors (Lipinski definition) is 3. The fourth-order valence-electron chi connectivity index (χ4n) is 3.57. The number of carbonyl (C=O) groups is 1. The molecule has 0 saturated carbocycles. The van der Waals surface area contributed by atoms with Crippen molar-refractivity contribution in [2.75, 3.05) is 0 Å². The average Bonchev–Trinajstić information content (AvgIpc) is 3.03. The molecule has 0 bridgehead atoms. The van der Waals surface area contributed by atoms with E-state index in [2.05, 4.69) is 15.5 Å². The van der Waals surface area contributed by atoms with Gasteiger partial charge in [0.2, 0.25) is 5.91 Å². The first-order valence-corrected chi connectivity index (χ1v) is 9.25. The average molecular weight is 383 g/mol. The van der Waals surface area contributed by atoms with Crippen molar-refractivity contribution < 1.29 is 18.0 Å². The summed E-state index contributed by atoms with van der Waals surface area (Å²) in [6, 6.07) is 0. The van der Waals surface area contributed by atoms with Crippen LogP contribution in [0.3, 0.4) is 0 Å². The summed E-state index contributed by atoms with van der Waals surface area (Å²) in [5, 5.41) is 10.7. The smallest absolute Gasteiger partial charge is 0.350 e. The molecule has 2 aromatic heterocycles. The predicted molar refractivity (Wildman–Crippen MR) is 93.0 cm³/mol. The van der Waals surface area contributed by atoms with Crippen LogP contribution in [0.25, 0.3) is 0 Å². The largest absolute Gasteiger partial charge is 0.435 e. The number of halogens is 3. The molecule has 9 heteroatoms. The first-order valence-electron chi connectivity index (χ1n) is 9.25. The number of nitrogens with zero attached hydrogens (tertiary/aromatic N) is 4. The van der Waals surface area contributed by atoms with E-state index in [4.69, 9.17) is 0 Å². The van der Waals surface area contributed by atoms with Crippen molar-refractivity contribution in [3.05, 3.63) is 34.4 Å². The molecule has 0 unspecified atom stereocenters. The summed E-state index contributed by atoms with van der Waals surface area (Å²) in [4.78, 5) is 12.3. The fraction of sp³-hybridized carbons (Fsp3) is 0.611. The number of hydrogen-bond donors (Lipinski definition) is 1. The third-order valence-corrected chi connectivity index (χ3v) is 5.05. The normalized spacial score (nSPS) is 14.7. The molecule has 0 fully saturated rings. The van der Waals surface area contributed by atoms with Gasteiger partial charge in [0.05, 0.1) is 6.20 Å². The number of alkyl halides is 3. The van der Waals surface area contributed by atoms with Gasteiger partial charge in [-0.1, -0.05) is 6.42 Å². The van der Waals surface area contributed by atoms with Crippen LogP contribution in [0.15, 0.2) is 6.20 Å². The summed E-state index contributed by atoms with van der Waals surface area (Å²) in [6.45, 7) is 4.71. The van der Waals surface area contributed by atoms with E-state index in [9.17, 15) is 18.0 Å². The molecular weight excluding hydrogens is 359 g/mol. The number of amides is 1. The SMILES string of the molecule is CCn1ncc(CNC(=O)Cn2nc(C(F)(F)F)c3c2CCCCC3)c1C. The monoisotopic (exact) mass is 383 g/mol. The molecule has 27 heavy (non-hydrogen) atoms. The lowest BCUT2D eigenvalue weighted by molar-refractivity contribution is -0.142. The van der Waals surface area contributed by atoms with Crippen LogP contribution in [0.5, 0.6) is 0 Å². The summed E-state index contributed by atoms with van der Waals surface area (Å²) in [6.07, 6.45) is 0.499. The molecule has 148 valence electrons. The first-order chi connectivity index (χ1) is 12.8. The molecule has 1 N–H and O–H groups in total. The Balaban J connectivity index is 1.73. The molecule has 1 amide bonds. The summed E-state index contributed by atoms with van der Waals surface area (Å²) < 4.78 is 43.0. The van der Waals surface area contributed by atoms with E-state index < -0.39 is 11.9 Å². The van der Waals surface area contributed by atoms with Gasteiger partial charge in [-0.15, -0.1) is 0 Å². The van der Waals surface area contributed by atoms with Crippen molar-refractivity contribution in [2.45, 2.75) is 71.8 Å². The van der Waals surface area contributed by atoms with Gasteiger partial charge in [-0.3, -0.25) is 14.2 Å². The molecule has 2 aromatic rings. The fourth-order valence-corrected chi connectivity index (χ4v) is 3.57. The molecule has 0 spiro atoms. The lowest BCUT2D eigenvalue weighted by Crippen LogP contribution is -2.28. The number of nitrogens with one attached hydrogen (secondary N) is 1. The van der Waals surface area contributed by atoms with Crippen LogP contribution < -0.4 is 5.32 Å². The molecule has 0 radical (unpaired) electrons. The highest BCUT2D eigenvalue weighted by Gasteiger charge is 2.39. The van der Waals surface area contributed by atoms with Gasteiger partial charge in [-0.25, -0.2) is 0 Å². The molecule has 1 aliphatic carbocycles. The second kappa shape index (κ2) is 7.74. The van der Waals surface area contributed by atoms with E-state index >= 15 is 0 Å². The Morgan fingerprint density at radius 2 is 1.96 bits per heavy atom. The van der Waals surface area contributed by atoms with E-state index in [1.165, 1.54) is 4.68 Å². The lowest BCUT2D eigenvalue weighted by atomic mass is 10.1. The van der Waals surface area contributed by atoms with E-state index in [-0.39, 0.29) is 18.0 Å². The van der Waals surface area contributed by atoms with Crippen molar-refractivity contribution in [1.29, 1.82) is 0 Å². The Morgan fingerprint density at radius 1 is 1.22 bits per heavy atom. The van der Waals surface area contributed by atoms with Crippen molar-refractivity contribution in [3.63, 3.8) is 0 Å². The van der Waals surface area contributed by atoms with Crippen molar-refractivity contribution in [3.8, 4) is 0 Å². The van der Waals surface area contributed by atoms with Crippen molar-refractivity contribution >= 4 is 5.91 Å². The molecular formula is C18H24F3N5O. The van der Waals surface area contributed by atoms with Gasteiger partial charge in [0.1, 0.15) is 6.54 Å². The van der Waals surface area contributed by atoms with Crippen LogP contribution in [0.1, 0.15) is 54.4 Å². The standard InChI is InChI=1S/C18H24F3N5O/c1-3-25-12(2)13(10-23-25)9-22-16(27)11-26-15-8-6-4-5-7-14(15)17(24-26)18(19,20)21/h10H,3-9,11H2,1-2H3,(H,22,27). The van der Waals surface area contributed by atoms with Gasteiger partial charge in [0.15, 0.2) is 5.69 Å². The second-order valence-electron chi connectivity index (χ2n) is 6.84. The lowest BCUT2D eigenvalue weighted by Gasteiger charge is -2.09. The molecule has 3 rings (SSSR count). The topological polar surface area (TPSA) is 64.7 Å². The Bertz CT molecular complexity index is 822. The minimum atomic E-state index is -4.50. The Kier molecular flexibility index (Phi) is 5.57. The number of aromatic nitrogens is 4. The third kappa shape index (κ3) is 4.17. The van der Waals surface area contributed by atoms with Crippen LogP contribution in [-0.2, 0) is 43.4 Å². The second-order valence-corrected chi connectivity index (χ2v) is 6.84. The predicted octanol–water partition coefficient (Wildman–Crippen LogP) is 3.01. The van der Waals surface area contributed by atoms with Crippen molar-refractivity contribution in [2.24, 2.45) is 0 Å². The van der Waals surface area contributed by atoms with Gasteiger partial charge in [0.25, 0.3) is 0 Å². The number of aryl methyl sites for hydroxylation is 1. The molecule has 1 aliphatic rings. The van der Waals surface area contributed by atoms with Crippen molar-refractivity contribution in [1.82, 2.24) is 24.9 Å². The third-order valence-electron chi connectivity index (χ3n) is 5.05. The molecule has 6 nitrogen and oxygen atoms in total. The molecule has 0 atom stereocenters. The van der Waals surface area contributed by atoms with Crippen LogP contribution in [0.4, 0.5) is 13.2 Å². The zero-order valence-corrected chi connectivity index (χ0v) is 15.6. The summed E-state index contributed by atoms with van der Waals surface area (Å²) in [7, 11) is 0. The Morgan fingerprint density at radius 3 is 2.63 bits per heavy atom. The van der Waals surface area contributed by atoms with Gasteiger partial charge in [0, 0.05) is 35.6 Å².